The lowest BCUT2D eigenvalue weighted by atomic mass is 9.95. The van der Waals surface area contributed by atoms with Crippen LogP contribution < -0.4 is 5.32 Å². The molecule has 0 aromatic heterocycles. The minimum absolute atomic E-state index is 0.503. The molecular weight excluding hydrogens is 2040 g/mol. The summed E-state index contributed by atoms with van der Waals surface area (Å²) in [5, 5.41) is 178. The van der Waals surface area contributed by atoms with Crippen LogP contribution in [-0.2, 0) is 157 Å². The van der Waals surface area contributed by atoms with Gasteiger partial charge in [-0.05, 0) is 135 Å². The monoisotopic (exact) mass is 2160 g/mol. The number of aliphatic hydroxyl groups is 14. The zero-order valence-electron chi connectivity index (χ0n) is 78.1. The van der Waals surface area contributed by atoms with Crippen molar-refractivity contribution in [3.8, 4) is 0 Å². The van der Waals surface area contributed by atoms with Gasteiger partial charge in [0.15, 0.2) is 44.0 Å². The number of nitrogens with one attached hydrogen (secondary N) is 1. The molecule has 1 amide bonds. The van der Waals surface area contributed by atoms with E-state index in [2.05, 4.69) is 5.32 Å². The second kappa shape index (κ2) is 46.0. The summed E-state index contributed by atoms with van der Waals surface area (Å²) >= 11 is 0. The Morgan fingerprint density at radius 1 is 0.236 bits per heavy atom. The molecule has 0 spiro atoms. The van der Waals surface area contributed by atoms with Crippen LogP contribution in [0.25, 0.3) is 0 Å². The Balaban J connectivity index is 0.890. The predicted octanol–water partition coefficient (Wildman–Crippen LogP) is -3.37. The van der Waals surface area contributed by atoms with Gasteiger partial charge in [0.1, 0.15) is 177 Å². The van der Waals surface area contributed by atoms with Crippen LogP contribution in [0.3, 0.4) is 0 Å². The number of ether oxygens (including phenoxy) is 15. The molecule has 0 saturated carbocycles. The maximum atomic E-state index is 14.2. The SMILES string of the molecule is Cc1ccc(S(=O)(=O)OC[C@H]2O[C@@H]3O[C@H]4[C@H](O)[C@@H](O)[C@@H](O[C@H]5[C@H](O)[C@@H](O)[C@@H](O[C@H]6[C@H](O)[C@@H](O)[C@@H](O[C@H]7[C@H](O)[C@@H](O)[C@@H](O[C@H]8[C@H](O)[C@@H](O)[C@@H](O[C@H]9[C@H](O)[C@@H](O)[C@@H](O[C@H]2[C@H](O)[C@H]3O)O[C@@H]9CNC(=O)OC(C)(C)C)O[C@@H]8COS(=O)(=O)c2ccc(C)cc2)O[C@@H]7COS(=O)(=O)c2ccc(C)cc2)O[C@@H]6COS(=O)(=O)c2ccc(C)cc2)O[C@@H]5COS(=O)(=O)c2ccc(C)cc2)O[C@@H]4COS(=O)(=O)c2ccc(C)cc2)cc1. The first kappa shape index (κ1) is 113. The summed E-state index contributed by atoms with van der Waals surface area (Å²) in [5.74, 6) is 0. The molecule has 0 unspecified atom stereocenters. The highest BCUT2D eigenvalue weighted by atomic mass is 32.2. The van der Waals surface area contributed by atoms with Crippen molar-refractivity contribution >= 4 is 66.8 Å². The summed E-state index contributed by atoms with van der Waals surface area (Å²) in [7, 11) is -30.1. The Bertz CT molecular complexity index is 5770. The van der Waals surface area contributed by atoms with Crippen molar-refractivity contribution in [2.24, 2.45) is 0 Å². The average molecular weight is 2160 g/mol. The fourth-order valence-corrected chi connectivity index (χ4v) is 21.9. The largest absolute Gasteiger partial charge is 0.444 e. The van der Waals surface area contributed by atoms with E-state index in [1.54, 1.807) is 41.5 Å². The number of aliphatic hydroxyl groups excluding tert-OH is 14. The van der Waals surface area contributed by atoms with E-state index in [0.29, 0.717) is 33.4 Å². The maximum absolute atomic E-state index is 14.2. The second-order valence-corrected chi connectivity index (χ2v) is 46.3. The van der Waals surface area contributed by atoms with Crippen molar-refractivity contribution in [2.75, 3.05) is 46.2 Å². The maximum Gasteiger partial charge on any atom is 0.407 e. The number of benzene rings is 6. The molecule has 15 N–H and O–H groups in total. The molecule has 6 aromatic rings. The third kappa shape index (κ3) is 26.4. The minimum Gasteiger partial charge on any atom is -0.444 e. The van der Waals surface area contributed by atoms with Gasteiger partial charge >= 0.3 is 6.09 Å². The third-order valence-corrected chi connectivity index (χ3v) is 32.3. The minimum atomic E-state index is -5.02. The molecule has 21 aliphatic rings. The van der Waals surface area contributed by atoms with Crippen molar-refractivity contribution in [1.29, 1.82) is 0 Å². The van der Waals surface area contributed by atoms with Gasteiger partial charge in [0.25, 0.3) is 60.7 Å². The Kier molecular flexibility index (Phi) is 36.0. The Morgan fingerprint density at radius 3 is 0.521 bits per heavy atom. The van der Waals surface area contributed by atoms with Crippen molar-refractivity contribution in [1.82, 2.24) is 5.32 Å². The highest BCUT2D eigenvalue weighted by Gasteiger charge is 2.61. The molecule has 21 saturated heterocycles. The van der Waals surface area contributed by atoms with E-state index in [4.69, 9.17) is 96.2 Å². The standard InChI is InChI=1S/C89H115NO48S6/c1-41-10-22-47(23-11-41)139(106,107)118-35-54-75-62(93)69(100)83(126-54)134-77-56(37-120-141(110,111)49-26-14-43(3)15-27-49)128-85(71(102)64(77)95)136-79-58(39-122-143(114,115)51-30-18-45(5)19-31-51)130-87(73(104)66(79)97)137-80-59(40-123-144(116,117)52-32-20-46(6)21-33-52)129-86(72(103)65(80)96)135-78-57(38-121-142(112,113)50-28-16-44(4)17-29-50)127-84(70(101)63(78)94)133-76-55(36-119-140(108,109)48-24-12-42(2)13-25-48)125-82(68(99)61(76)92)131-74-53(34-90-88(105)138-89(7,8)9)124-81(132-75)67(98)60(74)91/h10-33,53-87,91-104H,34-40H2,1-9H3,(H,90,105)/t53-,54-,55-,56-,57-,58-,59-,60-,61-,62-,63-,64-,65-,66-,67-,68-,69-,70-,71-,72-,73-,74-,75-,76-,77-,78-,79-,80-,81-,82-,83-,84-,85-,86-,87-/m1/s1. The molecule has 0 aliphatic carbocycles. The predicted molar refractivity (Wildman–Crippen MR) is 479 cm³/mol. The van der Waals surface area contributed by atoms with Crippen LogP contribution in [0.1, 0.15) is 54.2 Å². The molecule has 49 nitrogen and oxygen atoms in total. The summed E-state index contributed by atoms with van der Waals surface area (Å²) in [6.07, 6.45) is -88.7. The lowest BCUT2D eigenvalue weighted by molar-refractivity contribution is -0.395. The second-order valence-electron chi connectivity index (χ2n) is 36.6. The normalized spacial score (nSPS) is 35.7. The van der Waals surface area contributed by atoms with Crippen molar-refractivity contribution in [2.45, 2.75) is 312 Å². The van der Waals surface area contributed by atoms with E-state index in [1.165, 1.54) is 93.6 Å². The van der Waals surface area contributed by atoms with E-state index in [0.717, 1.165) is 72.8 Å². The topological polar surface area (TPSA) is 711 Å². The van der Waals surface area contributed by atoms with Gasteiger partial charge in [0.05, 0.1) is 69.0 Å². The third-order valence-electron chi connectivity index (χ3n) is 24.6. The number of alkyl carbamates (subject to hydrolysis) is 1. The number of aryl methyl sites for hydroxylation is 6. The van der Waals surface area contributed by atoms with Crippen LogP contribution in [0.2, 0.25) is 0 Å². The van der Waals surface area contributed by atoms with Gasteiger partial charge < -0.3 is 148 Å². The molecule has 55 heteroatoms. The van der Waals surface area contributed by atoms with E-state index in [-0.39, 0.29) is 0 Å². The molecular formula is C89H115NO48S6. The summed E-state index contributed by atoms with van der Waals surface area (Å²) in [4.78, 5) is 10.6. The summed E-state index contributed by atoms with van der Waals surface area (Å²) < 4.78 is 296. The first-order valence-corrected chi connectivity index (χ1v) is 53.5. The first-order chi connectivity index (χ1) is 67.6. The molecule has 14 bridgehead atoms. The van der Waals surface area contributed by atoms with Crippen molar-refractivity contribution < 1.29 is 223 Å². The molecule has 21 heterocycles. The van der Waals surface area contributed by atoms with Crippen LogP contribution in [0.15, 0.2) is 175 Å². The van der Waals surface area contributed by atoms with Crippen LogP contribution in [0, 0.1) is 41.5 Å². The number of amides is 1. The van der Waals surface area contributed by atoms with E-state index >= 15 is 0 Å². The molecule has 21 aliphatic heterocycles. The number of rotatable bonds is 26. The van der Waals surface area contributed by atoms with Gasteiger partial charge in [-0.25, -0.2) is 4.79 Å². The van der Waals surface area contributed by atoms with Gasteiger partial charge in [-0.3, -0.25) is 25.1 Å². The zero-order valence-corrected chi connectivity index (χ0v) is 83.0. The molecule has 800 valence electrons. The van der Waals surface area contributed by atoms with Crippen molar-refractivity contribution in [3.05, 3.63) is 179 Å². The quantitative estimate of drug-likeness (QED) is 0.0236. The van der Waals surface area contributed by atoms with Crippen LogP contribution in [-0.4, -0.2) is 395 Å². The van der Waals surface area contributed by atoms with Crippen LogP contribution in [0.5, 0.6) is 0 Å². The van der Waals surface area contributed by atoms with Gasteiger partial charge in [0, 0.05) is 6.54 Å². The van der Waals surface area contributed by atoms with E-state index in [9.17, 15) is 127 Å². The first-order valence-electron chi connectivity index (χ1n) is 45.0. The molecule has 144 heavy (non-hydrogen) atoms. The average Bonchev–Trinajstić information content (AvgIpc) is 0.790. The lowest BCUT2D eigenvalue weighted by Crippen LogP contribution is -2.68. The summed E-state index contributed by atoms with van der Waals surface area (Å²) in [6, 6.07) is 29.9. The molecule has 27 rings (SSSR count). The zero-order chi connectivity index (χ0) is 105. The molecule has 21 fully saturated rings. The van der Waals surface area contributed by atoms with Crippen LogP contribution in [0.4, 0.5) is 4.79 Å². The Labute approximate surface area is 827 Å². The number of hydrogen-bond donors (Lipinski definition) is 15. The van der Waals surface area contributed by atoms with E-state index in [1.807, 2.05) is 0 Å². The van der Waals surface area contributed by atoms with E-state index < -0.39 is 363 Å². The molecule has 6 aromatic carbocycles. The van der Waals surface area contributed by atoms with Gasteiger partial charge in [-0.15, -0.1) is 0 Å². The fourth-order valence-electron chi connectivity index (χ4n) is 16.4. The number of carbonyl (C=O) groups excluding carboxylic acids is 1. The Morgan fingerprint density at radius 2 is 0.375 bits per heavy atom. The highest BCUT2D eigenvalue weighted by molar-refractivity contribution is 7.88. The smallest absolute Gasteiger partial charge is 0.407 e. The number of carbonyl (C=O) groups is 1. The molecule has 35 atom stereocenters. The van der Waals surface area contributed by atoms with Gasteiger partial charge in [0.2, 0.25) is 0 Å². The molecule has 0 radical (unpaired) electrons. The lowest BCUT2D eigenvalue weighted by Gasteiger charge is -2.50. The highest BCUT2D eigenvalue weighted by Crippen LogP contribution is 2.42. The summed E-state index contributed by atoms with van der Waals surface area (Å²) in [6.45, 7) is 4.87. The van der Waals surface area contributed by atoms with Crippen LogP contribution >= 0.6 is 0 Å². The van der Waals surface area contributed by atoms with Crippen molar-refractivity contribution in [3.63, 3.8) is 0 Å². The number of hydrogen-bond acceptors (Lipinski definition) is 48. The van der Waals surface area contributed by atoms with Gasteiger partial charge in [-0.1, -0.05) is 106 Å². The Hall–Kier alpha value is -7.07. The summed E-state index contributed by atoms with van der Waals surface area (Å²) in [5.41, 5.74) is 2.07. The fraction of sp³-hybridized carbons (Fsp3) is 0.584. The van der Waals surface area contributed by atoms with Gasteiger partial charge in [-0.2, -0.15) is 50.5 Å².